The molecule has 0 heterocycles. The normalized spacial score (nSPS) is 5.25. The van der Waals surface area contributed by atoms with Crippen LogP contribution in [0.3, 0.4) is 0 Å². The molecule has 44 valence electrons. The maximum Gasteiger partial charge on any atom is 1.00 e. The van der Waals surface area contributed by atoms with Crippen molar-refractivity contribution in [1.82, 2.24) is 0 Å². The molecule has 3 N–H and O–H groups in total. The van der Waals surface area contributed by atoms with E-state index in [1.165, 1.54) is 0 Å². The summed E-state index contributed by atoms with van der Waals surface area (Å²) in [5.41, 5.74) is 0. The second kappa shape index (κ2) is 15.7. The Morgan fingerprint density at radius 2 is 1.50 bits per heavy atom. The Morgan fingerprint density at radius 1 is 1.50 bits per heavy atom. The predicted molar refractivity (Wildman–Crippen MR) is 23.1 cm³/mol. The molecular weight excluding hydrogens is 139 g/mol. The Labute approximate surface area is 89.9 Å². The van der Waals surface area contributed by atoms with E-state index in [1.807, 2.05) is 0 Å². The van der Waals surface area contributed by atoms with E-state index in [1.54, 1.807) is 0 Å². The summed E-state index contributed by atoms with van der Waals surface area (Å²) < 4.78 is 0. The summed E-state index contributed by atoms with van der Waals surface area (Å²) >= 11 is 0. The number of aliphatic hydroxyl groups excluding tert-OH is 1. The molecule has 0 spiro atoms. The monoisotopic (exact) mass is 146 g/mol. The molecule has 8 heavy (non-hydrogen) atoms. The molecule has 0 aromatic carbocycles. The van der Waals surface area contributed by atoms with Crippen molar-refractivity contribution in [2.45, 2.75) is 0 Å². The smallest absolute Gasteiger partial charge is 0.450 e. The quantitative estimate of drug-likeness (QED) is 0.252. The molecule has 0 aliphatic carbocycles. The topological polar surface area (TPSA) is 77.8 Å². The van der Waals surface area contributed by atoms with Crippen LogP contribution < -0.4 is 51.4 Å². The van der Waals surface area contributed by atoms with Crippen molar-refractivity contribution in [3.63, 3.8) is 0 Å². The summed E-state index contributed by atoms with van der Waals surface area (Å²) in [5, 5.41) is 21.4. The molecule has 0 rings (SSSR count). The van der Waals surface area contributed by atoms with E-state index in [0.717, 1.165) is 0 Å². The standard InChI is InChI=1S/C2H5O.CH2O3.K/c1-2-3;2-1(3)4;/h3H,1-2H2;(H2,2,3,4);/q-1;;+1. The zero-order chi connectivity index (χ0) is 6.28. The van der Waals surface area contributed by atoms with Gasteiger partial charge in [0.15, 0.2) is 0 Å². The fraction of sp³-hybridized carbons (Fsp3) is 0.333. The van der Waals surface area contributed by atoms with Gasteiger partial charge >= 0.3 is 57.5 Å². The van der Waals surface area contributed by atoms with Crippen LogP contribution in [0.25, 0.3) is 0 Å². The van der Waals surface area contributed by atoms with Gasteiger partial charge in [0.25, 0.3) is 0 Å². The molecule has 0 unspecified atom stereocenters. The van der Waals surface area contributed by atoms with Gasteiger partial charge in [-0.3, -0.25) is 0 Å². The van der Waals surface area contributed by atoms with E-state index < -0.39 is 6.16 Å². The fourth-order valence-corrected chi connectivity index (χ4v) is 0. The molecule has 0 aliphatic rings. The van der Waals surface area contributed by atoms with Gasteiger partial charge in [-0.1, -0.05) is 6.61 Å². The molecule has 4 nitrogen and oxygen atoms in total. The minimum Gasteiger partial charge on any atom is -0.450 e. The van der Waals surface area contributed by atoms with Crippen LogP contribution in [-0.4, -0.2) is 28.1 Å². The fourth-order valence-electron chi connectivity index (χ4n) is 0. The Balaban J connectivity index is -0.0000000575. The van der Waals surface area contributed by atoms with E-state index in [0.29, 0.717) is 0 Å². The van der Waals surface area contributed by atoms with Crippen molar-refractivity contribution in [3.05, 3.63) is 6.92 Å². The van der Waals surface area contributed by atoms with Crippen LogP contribution in [0.1, 0.15) is 0 Å². The number of carbonyl (C=O) groups is 1. The molecule has 0 saturated carbocycles. The summed E-state index contributed by atoms with van der Waals surface area (Å²) in [6.07, 6.45) is -1.83. The first kappa shape index (κ1) is 15.9. The first-order valence-corrected chi connectivity index (χ1v) is 1.47. The third kappa shape index (κ3) is 315. The molecule has 0 aliphatic heterocycles. The van der Waals surface area contributed by atoms with Crippen molar-refractivity contribution in [3.8, 4) is 0 Å². The molecule has 0 aromatic rings. The summed E-state index contributed by atoms with van der Waals surface area (Å²) in [7, 11) is 0. The SMILES string of the molecule is O=C(O)O.[CH2-]CO.[K+]. The minimum absolute atomic E-state index is 0. The predicted octanol–water partition coefficient (Wildman–Crippen LogP) is -2.96. The summed E-state index contributed by atoms with van der Waals surface area (Å²) in [4.78, 5) is 8.56. The molecule has 0 aromatic heterocycles. The zero-order valence-electron chi connectivity index (χ0n) is 4.66. The van der Waals surface area contributed by atoms with Gasteiger partial charge in [-0.05, 0) is 0 Å². The van der Waals surface area contributed by atoms with Gasteiger partial charge in [-0.2, -0.15) is 0 Å². The Kier molecular flexibility index (Phi) is 31.2. The van der Waals surface area contributed by atoms with Crippen LogP contribution in [0.5, 0.6) is 0 Å². The van der Waals surface area contributed by atoms with Gasteiger partial charge in [-0.15, -0.1) is 0 Å². The molecule has 0 atom stereocenters. The molecule has 0 radical (unpaired) electrons. The Bertz CT molecular complexity index is 42.5. The van der Waals surface area contributed by atoms with Crippen molar-refractivity contribution in [2.75, 3.05) is 6.61 Å². The maximum absolute atomic E-state index is 8.56. The first-order valence-electron chi connectivity index (χ1n) is 1.47. The van der Waals surface area contributed by atoms with Gasteiger partial charge in [0.2, 0.25) is 0 Å². The van der Waals surface area contributed by atoms with E-state index in [-0.39, 0.29) is 58.0 Å². The van der Waals surface area contributed by atoms with Gasteiger partial charge in [0.05, 0.1) is 0 Å². The third-order valence-electron chi connectivity index (χ3n) is 0. The number of aliphatic hydroxyl groups is 1. The molecule has 5 heteroatoms. The minimum atomic E-state index is -1.83. The second-order valence-electron chi connectivity index (χ2n) is 0.506. The molecule has 0 saturated heterocycles. The van der Waals surface area contributed by atoms with Gasteiger partial charge in [0.1, 0.15) is 0 Å². The van der Waals surface area contributed by atoms with Gasteiger partial charge in [0, 0.05) is 0 Å². The second-order valence-corrected chi connectivity index (χ2v) is 0.506. The van der Waals surface area contributed by atoms with Gasteiger partial charge < -0.3 is 22.2 Å². The number of hydrogen-bond donors (Lipinski definition) is 3. The number of carboxylic acid groups (broad SMARTS) is 2. The van der Waals surface area contributed by atoms with E-state index in [2.05, 4.69) is 6.92 Å². The summed E-state index contributed by atoms with van der Waals surface area (Å²) in [5.74, 6) is 0. The Hall–Kier alpha value is 0.866. The van der Waals surface area contributed by atoms with E-state index in [4.69, 9.17) is 20.1 Å². The summed E-state index contributed by atoms with van der Waals surface area (Å²) in [6, 6.07) is 0. The maximum atomic E-state index is 8.56. The van der Waals surface area contributed by atoms with Gasteiger partial charge in [-0.25, -0.2) is 4.79 Å². The molecule has 0 bridgehead atoms. The molecule has 0 fully saturated rings. The van der Waals surface area contributed by atoms with E-state index in [9.17, 15) is 0 Å². The van der Waals surface area contributed by atoms with E-state index >= 15 is 0 Å². The number of rotatable bonds is 0. The van der Waals surface area contributed by atoms with Crippen LogP contribution in [0, 0.1) is 6.92 Å². The molecular formula is C3H7KO4. The summed E-state index contributed by atoms with van der Waals surface area (Å²) in [6.45, 7) is 3.04. The van der Waals surface area contributed by atoms with Crippen LogP contribution in [0.15, 0.2) is 0 Å². The average molecular weight is 146 g/mol. The van der Waals surface area contributed by atoms with Crippen molar-refractivity contribution in [1.29, 1.82) is 0 Å². The van der Waals surface area contributed by atoms with Crippen molar-refractivity contribution in [2.24, 2.45) is 0 Å². The number of hydrogen-bond acceptors (Lipinski definition) is 2. The molecule has 0 amide bonds. The van der Waals surface area contributed by atoms with Crippen LogP contribution >= 0.6 is 0 Å². The zero-order valence-corrected chi connectivity index (χ0v) is 7.79. The Morgan fingerprint density at radius 3 is 1.50 bits per heavy atom. The largest absolute Gasteiger partial charge is 1.00 e. The average Bonchev–Trinajstić information content (AvgIpc) is 1.33. The van der Waals surface area contributed by atoms with Crippen molar-refractivity contribution >= 4 is 6.16 Å². The van der Waals surface area contributed by atoms with Crippen molar-refractivity contribution < 1.29 is 71.5 Å². The van der Waals surface area contributed by atoms with Crippen LogP contribution in [-0.2, 0) is 0 Å². The third-order valence-corrected chi connectivity index (χ3v) is 0. The van der Waals surface area contributed by atoms with Crippen LogP contribution in [0.4, 0.5) is 4.79 Å². The first-order chi connectivity index (χ1) is 3.15. The van der Waals surface area contributed by atoms with Crippen LogP contribution in [0.2, 0.25) is 0 Å².